The van der Waals surface area contributed by atoms with Gasteiger partial charge in [0.25, 0.3) is 0 Å². The minimum atomic E-state index is -0.840. The van der Waals surface area contributed by atoms with Gasteiger partial charge < -0.3 is 9.84 Å². The fraction of sp³-hybridized carbons (Fsp3) is 0.182. The Kier molecular flexibility index (Phi) is 4.37. The summed E-state index contributed by atoms with van der Waals surface area (Å²) in [7, 11) is 1.59. The first-order valence-corrected chi connectivity index (χ1v) is 5.14. The minimum Gasteiger partial charge on any atom is -0.497 e. The highest BCUT2D eigenvalue weighted by Crippen LogP contribution is 2.22. The second-order valence-electron chi connectivity index (χ2n) is 2.92. The maximum absolute atomic E-state index is 10.3. The Balaban J connectivity index is 2.80. The molecule has 0 atom stereocenters. The van der Waals surface area contributed by atoms with E-state index in [0.29, 0.717) is 0 Å². The molecular formula is C11H11BrO3. The van der Waals surface area contributed by atoms with Crippen molar-refractivity contribution in [2.45, 2.75) is 6.42 Å². The standard InChI is InChI=1S/C11H11BrO3/c1-15-10-6-8(5-9(12)7-10)3-2-4-11(13)14/h2-3,5-7H,4H2,1H3,(H,13,14). The van der Waals surface area contributed by atoms with Crippen LogP contribution in [-0.4, -0.2) is 18.2 Å². The predicted molar refractivity (Wildman–Crippen MR) is 62.0 cm³/mol. The van der Waals surface area contributed by atoms with Crippen LogP contribution < -0.4 is 4.74 Å². The fourth-order valence-electron chi connectivity index (χ4n) is 1.09. The van der Waals surface area contributed by atoms with E-state index in [1.807, 2.05) is 18.2 Å². The van der Waals surface area contributed by atoms with Gasteiger partial charge in [-0.1, -0.05) is 28.1 Å². The lowest BCUT2D eigenvalue weighted by Gasteiger charge is -2.02. The zero-order valence-electron chi connectivity index (χ0n) is 8.24. The van der Waals surface area contributed by atoms with Crippen LogP contribution in [0.5, 0.6) is 5.75 Å². The van der Waals surface area contributed by atoms with Gasteiger partial charge in [-0.3, -0.25) is 4.79 Å². The number of methoxy groups -OCH3 is 1. The van der Waals surface area contributed by atoms with Crippen molar-refractivity contribution in [1.29, 1.82) is 0 Å². The molecule has 0 aromatic heterocycles. The van der Waals surface area contributed by atoms with Crippen molar-refractivity contribution in [3.05, 3.63) is 34.3 Å². The summed E-state index contributed by atoms with van der Waals surface area (Å²) in [4.78, 5) is 10.3. The van der Waals surface area contributed by atoms with Crippen LogP contribution in [0.15, 0.2) is 28.7 Å². The zero-order chi connectivity index (χ0) is 11.3. The first-order valence-electron chi connectivity index (χ1n) is 4.34. The zero-order valence-corrected chi connectivity index (χ0v) is 9.82. The number of hydrogen-bond acceptors (Lipinski definition) is 2. The molecule has 0 fully saturated rings. The molecule has 0 aliphatic carbocycles. The van der Waals surface area contributed by atoms with Gasteiger partial charge in [0.05, 0.1) is 13.5 Å². The van der Waals surface area contributed by atoms with Gasteiger partial charge in [-0.15, -0.1) is 0 Å². The van der Waals surface area contributed by atoms with Crippen molar-refractivity contribution in [1.82, 2.24) is 0 Å². The molecule has 0 unspecified atom stereocenters. The molecule has 0 amide bonds. The van der Waals surface area contributed by atoms with Crippen molar-refractivity contribution >= 4 is 28.0 Å². The Morgan fingerprint density at radius 2 is 2.27 bits per heavy atom. The van der Waals surface area contributed by atoms with E-state index in [9.17, 15) is 4.79 Å². The molecule has 0 bridgehead atoms. The maximum atomic E-state index is 10.3. The Labute approximate surface area is 96.5 Å². The highest BCUT2D eigenvalue weighted by atomic mass is 79.9. The van der Waals surface area contributed by atoms with E-state index in [2.05, 4.69) is 15.9 Å². The van der Waals surface area contributed by atoms with Crippen molar-refractivity contribution in [3.8, 4) is 5.75 Å². The predicted octanol–water partition coefficient (Wildman–Crippen LogP) is 2.95. The van der Waals surface area contributed by atoms with E-state index in [-0.39, 0.29) is 6.42 Å². The van der Waals surface area contributed by atoms with Gasteiger partial charge in [0.15, 0.2) is 0 Å². The van der Waals surface area contributed by atoms with Gasteiger partial charge in [0.1, 0.15) is 5.75 Å². The first kappa shape index (κ1) is 11.8. The van der Waals surface area contributed by atoms with Crippen LogP contribution in [0.2, 0.25) is 0 Å². The summed E-state index contributed by atoms with van der Waals surface area (Å²) in [5.41, 5.74) is 0.905. The minimum absolute atomic E-state index is 0.0226. The summed E-state index contributed by atoms with van der Waals surface area (Å²) in [5, 5.41) is 8.46. The van der Waals surface area contributed by atoms with E-state index < -0.39 is 5.97 Å². The Morgan fingerprint density at radius 1 is 1.53 bits per heavy atom. The average molecular weight is 271 g/mol. The number of benzene rings is 1. The van der Waals surface area contributed by atoms with Gasteiger partial charge in [-0.25, -0.2) is 0 Å². The number of carboxylic acids is 1. The quantitative estimate of drug-likeness (QED) is 0.915. The van der Waals surface area contributed by atoms with Crippen molar-refractivity contribution < 1.29 is 14.6 Å². The monoisotopic (exact) mass is 270 g/mol. The van der Waals surface area contributed by atoms with Crippen molar-refractivity contribution in [2.24, 2.45) is 0 Å². The summed E-state index contributed by atoms with van der Waals surface area (Å²) in [6.07, 6.45) is 3.37. The normalized spacial score (nSPS) is 10.5. The molecule has 80 valence electrons. The van der Waals surface area contributed by atoms with Crippen LogP contribution in [-0.2, 0) is 4.79 Å². The summed E-state index contributed by atoms with van der Waals surface area (Å²) in [6, 6.07) is 5.57. The van der Waals surface area contributed by atoms with Crippen LogP contribution in [0.1, 0.15) is 12.0 Å². The lowest BCUT2D eigenvalue weighted by molar-refractivity contribution is -0.135. The number of carboxylic acid groups (broad SMARTS) is 1. The second kappa shape index (κ2) is 5.56. The summed E-state index contributed by atoms with van der Waals surface area (Å²) in [6.45, 7) is 0. The smallest absolute Gasteiger partial charge is 0.307 e. The molecule has 0 aliphatic heterocycles. The van der Waals surface area contributed by atoms with Crippen LogP contribution in [0.25, 0.3) is 6.08 Å². The van der Waals surface area contributed by atoms with Gasteiger partial charge in [0, 0.05) is 4.47 Å². The molecule has 0 saturated heterocycles. The van der Waals surface area contributed by atoms with Crippen LogP contribution >= 0.6 is 15.9 Å². The van der Waals surface area contributed by atoms with E-state index >= 15 is 0 Å². The molecule has 0 heterocycles. The molecule has 1 aromatic carbocycles. The highest BCUT2D eigenvalue weighted by molar-refractivity contribution is 9.10. The SMILES string of the molecule is COc1cc(Br)cc(C=CCC(=O)O)c1. The van der Waals surface area contributed by atoms with E-state index in [1.54, 1.807) is 19.3 Å². The molecular weight excluding hydrogens is 260 g/mol. The molecule has 0 spiro atoms. The molecule has 1 aromatic rings. The lowest BCUT2D eigenvalue weighted by atomic mass is 10.2. The summed E-state index contributed by atoms with van der Waals surface area (Å²) in [5.74, 6) is -0.104. The van der Waals surface area contributed by atoms with E-state index in [0.717, 1.165) is 15.8 Å². The largest absolute Gasteiger partial charge is 0.497 e. The summed E-state index contributed by atoms with van der Waals surface area (Å²) >= 11 is 3.34. The van der Waals surface area contributed by atoms with E-state index in [1.165, 1.54) is 0 Å². The van der Waals surface area contributed by atoms with Crippen LogP contribution in [0, 0.1) is 0 Å². The molecule has 1 N–H and O–H groups in total. The van der Waals surface area contributed by atoms with Crippen LogP contribution in [0.4, 0.5) is 0 Å². The van der Waals surface area contributed by atoms with Crippen molar-refractivity contribution in [2.75, 3.05) is 7.11 Å². The second-order valence-corrected chi connectivity index (χ2v) is 3.84. The van der Waals surface area contributed by atoms with Gasteiger partial charge in [0.2, 0.25) is 0 Å². The highest BCUT2D eigenvalue weighted by Gasteiger charge is 1.97. The Morgan fingerprint density at radius 3 is 2.87 bits per heavy atom. The first-order chi connectivity index (χ1) is 7.11. The number of rotatable bonds is 4. The maximum Gasteiger partial charge on any atom is 0.307 e. The number of hydrogen-bond donors (Lipinski definition) is 1. The third kappa shape index (κ3) is 4.16. The van der Waals surface area contributed by atoms with Gasteiger partial charge >= 0.3 is 5.97 Å². The fourth-order valence-corrected chi connectivity index (χ4v) is 1.58. The lowest BCUT2D eigenvalue weighted by Crippen LogP contribution is -1.89. The molecule has 3 nitrogen and oxygen atoms in total. The van der Waals surface area contributed by atoms with E-state index in [4.69, 9.17) is 9.84 Å². The average Bonchev–Trinajstić information content (AvgIpc) is 2.16. The Hall–Kier alpha value is -1.29. The van der Waals surface area contributed by atoms with Gasteiger partial charge in [-0.05, 0) is 23.8 Å². The Bertz CT molecular complexity index is 385. The third-order valence-electron chi connectivity index (χ3n) is 1.73. The van der Waals surface area contributed by atoms with Crippen molar-refractivity contribution in [3.63, 3.8) is 0 Å². The molecule has 1 rings (SSSR count). The summed E-state index contributed by atoms with van der Waals surface area (Å²) < 4.78 is 5.98. The molecule has 4 heteroatoms. The molecule has 0 saturated carbocycles. The molecule has 0 aliphatic rings. The third-order valence-corrected chi connectivity index (χ3v) is 2.19. The number of ether oxygens (including phenoxy) is 1. The number of halogens is 1. The number of carbonyl (C=O) groups is 1. The van der Waals surface area contributed by atoms with Crippen LogP contribution in [0.3, 0.4) is 0 Å². The molecule has 0 radical (unpaired) electrons. The number of aliphatic carboxylic acids is 1. The van der Waals surface area contributed by atoms with Gasteiger partial charge in [-0.2, -0.15) is 0 Å². The molecule has 15 heavy (non-hydrogen) atoms. The topological polar surface area (TPSA) is 46.5 Å².